The van der Waals surface area contributed by atoms with Crippen LogP contribution in [0.25, 0.3) is 33.9 Å². The summed E-state index contributed by atoms with van der Waals surface area (Å²) in [5.74, 6) is 1.09. The van der Waals surface area contributed by atoms with Crippen LogP contribution in [0.15, 0.2) is 54.7 Å². The standard InChI is InChI=1S/C39H39Cl2N9O2/c1-8-28-29(10-9-15-52-27-16-21(2)35(41)22(3)17-27)37-39(51)49(33-13-14-42-32-12-11-26(18-30(32)33)38-43-46-47-44-38)20-23(4)50(37)36(28)31(19-40)34-24(5)45-48(7)25(34)6/h8,11-14,16-19,23H,1,9-10,15,20H2,2-7H3,(H,43,44,46,47)/b31-19+/t23-/m1/s1. The Morgan fingerprint density at radius 1 is 1.13 bits per heavy atom. The molecule has 266 valence electrons. The average molecular weight is 737 g/mol. The number of ether oxygens (including phenoxy) is 1. The molecule has 1 N–H and O–H groups in total. The van der Waals surface area contributed by atoms with Gasteiger partial charge in [0.25, 0.3) is 5.91 Å². The van der Waals surface area contributed by atoms with E-state index in [0.717, 1.165) is 83.4 Å². The van der Waals surface area contributed by atoms with Gasteiger partial charge in [0.15, 0.2) is 0 Å². The second kappa shape index (κ2) is 14.0. The van der Waals surface area contributed by atoms with Crippen molar-refractivity contribution in [2.75, 3.05) is 18.1 Å². The molecule has 6 aromatic rings. The summed E-state index contributed by atoms with van der Waals surface area (Å²) < 4.78 is 10.2. The normalized spacial score (nSPS) is 14.7. The van der Waals surface area contributed by atoms with Gasteiger partial charge in [-0.15, -0.1) is 10.2 Å². The molecule has 0 radical (unpaired) electrons. The van der Waals surface area contributed by atoms with E-state index in [9.17, 15) is 0 Å². The number of pyridine rings is 1. The van der Waals surface area contributed by atoms with E-state index < -0.39 is 0 Å². The quantitative estimate of drug-likeness (QED) is 0.141. The van der Waals surface area contributed by atoms with Crippen LogP contribution in [-0.2, 0) is 13.5 Å². The highest BCUT2D eigenvalue weighted by Crippen LogP contribution is 2.43. The van der Waals surface area contributed by atoms with Crippen LogP contribution in [0.2, 0.25) is 5.02 Å². The minimum absolute atomic E-state index is 0.127. The van der Waals surface area contributed by atoms with Crippen molar-refractivity contribution in [1.29, 1.82) is 0 Å². The predicted molar refractivity (Wildman–Crippen MR) is 206 cm³/mol. The first-order valence-electron chi connectivity index (χ1n) is 17.1. The predicted octanol–water partition coefficient (Wildman–Crippen LogP) is 8.34. The van der Waals surface area contributed by atoms with Gasteiger partial charge in [-0.25, -0.2) is 0 Å². The number of nitrogens with one attached hydrogen (secondary N) is 1. The molecule has 0 saturated carbocycles. The molecule has 0 fully saturated rings. The average Bonchev–Trinajstić information content (AvgIpc) is 3.85. The van der Waals surface area contributed by atoms with E-state index in [-0.39, 0.29) is 11.9 Å². The Bertz CT molecular complexity index is 2370. The molecule has 0 saturated heterocycles. The van der Waals surface area contributed by atoms with Crippen LogP contribution in [0.5, 0.6) is 5.75 Å². The molecule has 7 rings (SSSR count). The minimum Gasteiger partial charge on any atom is -0.494 e. The summed E-state index contributed by atoms with van der Waals surface area (Å²) in [6, 6.07) is 11.4. The number of H-pyrrole nitrogens is 1. The zero-order valence-corrected chi connectivity index (χ0v) is 31.5. The topological polar surface area (TPSA) is 120 Å². The third kappa shape index (κ3) is 5.97. The van der Waals surface area contributed by atoms with Gasteiger partial charge in [-0.05, 0) is 106 Å². The summed E-state index contributed by atoms with van der Waals surface area (Å²) in [7, 11) is 1.92. The monoisotopic (exact) mass is 735 g/mol. The molecule has 0 spiro atoms. The Kier molecular flexibility index (Phi) is 9.50. The van der Waals surface area contributed by atoms with Crippen molar-refractivity contribution in [3.05, 3.63) is 110 Å². The van der Waals surface area contributed by atoms with Gasteiger partial charge in [-0.3, -0.25) is 14.5 Å². The van der Waals surface area contributed by atoms with Gasteiger partial charge in [0.1, 0.15) is 11.4 Å². The fraction of sp³-hybridized carbons (Fsp3) is 0.282. The number of aryl methyl sites for hydroxylation is 4. The van der Waals surface area contributed by atoms with E-state index >= 15 is 4.79 Å². The Morgan fingerprint density at radius 3 is 2.56 bits per heavy atom. The first kappa shape index (κ1) is 35.2. The molecule has 0 bridgehead atoms. The highest BCUT2D eigenvalue weighted by Gasteiger charge is 2.38. The highest BCUT2D eigenvalue weighted by atomic mass is 35.5. The number of halogens is 2. The second-order valence-electron chi connectivity index (χ2n) is 13.2. The SMILES string of the molecule is C=Cc1c(CCCOc2cc(C)c(Cl)c(C)c2)c2n(c1/C(=C/Cl)c1c(C)nn(C)c1C)[C@H](C)CN(c1ccnc3ccc(-c4nn[nH]n4)cc13)C2=O. The Balaban J connectivity index is 1.34. The number of benzene rings is 2. The van der Waals surface area contributed by atoms with Crippen molar-refractivity contribution in [3.8, 4) is 17.1 Å². The van der Waals surface area contributed by atoms with Crippen LogP contribution in [0.3, 0.4) is 0 Å². The number of carbonyl (C=O) groups is 1. The number of fused-ring (bicyclic) bond motifs is 2. The molecule has 1 amide bonds. The van der Waals surface area contributed by atoms with E-state index in [0.29, 0.717) is 37.5 Å². The molecule has 5 heterocycles. The number of aromatic amines is 1. The lowest BCUT2D eigenvalue weighted by atomic mass is 9.96. The molecule has 52 heavy (non-hydrogen) atoms. The smallest absolute Gasteiger partial charge is 0.275 e. The third-order valence-corrected chi connectivity index (χ3v) is 10.7. The Morgan fingerprint density at radius 2 is 1.90 bits per heavy atom. The lowest BCUT2D eigenvalue weighted by Crippen LogP contribution is -2.43. The molecule has 4 aromatic heterocycles. The van der Waals surface area contributed by atoms with Crippen LogP contribution >= 0.6 is 23.2 Å². The van der Waals surface area contributed by atoms with Gasteiger partial charge < -0.3 is 14.2 Å². The molecule has 0 aliphatic carbocycles. The van der Waals surface area contributed by atoms with E-state index in [1.165, 1.54) is 0 Å². The molecule has 11 nitrogen and oxygen atoms in total. The number of amides is 1. The summed E-state index contributed by atoms with van der Waals surface area (Å²) in [5, 5.41) is 20.8. The first-order chi connectivity index (χ1) is 25.0. The minimum atomic E-state index is -0.140. The number of nitrogens with zero attached hydrogens (tertiary/aromatic N) is 8. The maximum Gasteiger partial charge on any atom is 0.275 e. The van der Waals surface area contributed by atoms with Gasteiger partial charge in [0, 0.05) is 69.7 Å². The lowest BCUT2D eigenvalue weighted by molar-refractivity contribution is 0.0956. The maximum absolute atomic E-state index is 15.1. The fourth-order valence-corrected chi connectivity index (χ4v) is 7.77. The number of hydrogen-bond donors (Lipinski definition) is 1. The summed E-state index contributed by atoms with van der Waals surface area (Å²) >= 11 is 13.1. The molecular weight excluding hydrogens is 697 g/mol. The van der Waals surface area contributed by atoms with Gasteiger partial charge in [-0.2, -0.15) is 10.3 Å². The van der Waals surface area contributed by atoms with E-state index in [2.05, 4.69) is 48.8 Å². The zero-order chi connectivity index (χ0) is 36.8. The van der Waals surface area contributed by atoms with Crippen molar-refractivity contribution < 1.29 is 9.53 Å². The molecule has 2 aromatic carbocycles. The number of aromatic nitrogens is 8. The van der Waals surface area contributed by atoms with Gasteiger partial charge in [0.2, 0.25) is 5.82 Å². The zero-order valence-electron chi connectivity index (χ0n) is 30.0. The number of rotatable bonds is 10. The van der Waals surface area contributed by atoms with Crippen molar-refractivity contribution in [2.45, 2.75) is 53.5 Å². The molecular formula is C39H39Cl2N9O2. The fourth-order valence-electron chi connectivity index (χ4n) is 7.45. The lowest BCUT2D eigenvalue weighted by Gasteiger charge is -2.35. The number of anilines is 1. The van der Waals surface area contributed by atoms with E-state index in [1.807, 2.05) is 86.8 Å². The van der Waals surface area contributed by atoms with Crippen molar-refractivity contribution in [1.82, 2.24) is 40.0 Å². The molecule has 1 aliphatic heterocycles. The summed E-state index contributed by atoms with van der Waals surface area (Å²) in [4.78, 5) is 21.5. The first-order valence-corrected chi connectivity index (χ1v) is 17.9. The summed E-state index contributed by atoms with van der Waals surface area (Å²) in [6.07, 6.45) is 4.79. The number of tetrazole rings is 1. The van der Waals surface area contributed by atoms with Crippen molar-refractivity contribution >= 4 is 57.3 Å². The largest absolute Gasteiger partial charge is 0.494 e. The second-order valence-corrected chi connectivity index (χ2v) is 13.8. The maximum atomic E-state index is 15.1. The van der Waals surface area contributed by atoms with Crippen molar-refractivity contribution in [2.24, 2.45) is 7.05 Å². The van der Waals surface area contributed by atoms with Crippen LogP contribution in [-0.4, -0.2) is 59.0 Å². The number of hydrogen-bond acceptors (Lipinski definition) is 7. The van der Waals surface area contributed by atoms with Crippen molar-refractivity contribution in [3.63, 3.8) is 0 Å². The van der Waals surface area contributed by atoms with Gasteiger partial charge in [-0.1, -0.05) is 35.9 Å². The molecule has 1 aliphatic rings. The molecule has 13 heteroatoms. The Hall–Kier alpha value is -5.26. The van der Waals surface area contributed by atoms with E-state index in [4.69, 9.17) is 27.9 Å². The highest BCUT2D eigenvalue weighted by molar-refractivity contribution is 6.32. The Labute approximate surface area is 311 Å². The summed E-state index contributed by atoms with van der Waals surface area (Å²) in [6.45, 7) is 15.2. The van der Waals surface area contributed by atoms with Crippen LogP contribution in [0.1, 0.15) is 74.8 Å². The number of carbonyl (C=O) groups excluding carboxylic acids is 1. The third-order valence-electron chi connectivity index (χ3n) is 9.89. The van der Waals surface area contributed by atoms with Crippen LogP contribution in [0, 0.1) is 27.7 Å². The van der Waals surface area contributed by atoms with Gasteiger partial charge >= 0.3 is 0 Å². The molecule has 1 atom stereocenters. The summed E-state index contributed by atoms with van der Waals surface area (Å²) in [5.41, 5.74) is 12.5. The van der Waals surface area contributed by atoms with Gasteiger partial charge in [0.05, 0.1) is 29.2 Å². The van der Waals surface area contributed by atoms with Crippen LogP contribution in [0.4, 0.5) is 5.69 Å². The molecule has 0 unspecified atom stereocenters. The van der Waals surface area contributed by atoms with E-state index in [1.54, 1.807) is 11.7 Å². The van der Waals surface area contributed by atoms with Crippen LogP contribution < -0.4 is 9.64 Å².